The van der Waals surface area contributed by atoms with Gasteiger partial charge in [-0.2, -0.15) is 0 Å². The normalized spacial score (nSPS) is 16.6. The lowest BCUT2D eigenvalue weighted by molar-refractivity contribution is -0.124. The second-order valence-corrected chi connectivity index (χ2v) is 9.97. The van der Waals surface area contributed by atoms with E-state index in [0.29, 0.717) is 51.6 Å². The van der Waals surface area contributed by atoms with E-state index in [2.05, 4.69) is 25.6 Å². The van der Waals surface area contributed by atoms with E-state index in [1.807, 2.05) is 6.07 Å². The van der Waals surface area contributed by atoms with Crippen LogP contribution >= 0.6 is 23.2 Å². The van der Waals surface area contributed by atoms with Crippen molar-refractivity contribution >= 4 is 45.8 Å². The lowest BCUT2D eigenvalue weighted by Gasteiger charge is -2.37. The first-order valence-corrected chi connectivity index (χ1v) is 12.9. The molecule has 6 rings (SSSR count). The van der Waals surface area contributed by atoms with Gasteiger partial charge in [-0.1, -0.05) is 28.4 Å². The van der Waals surface area contributed by atoms with Gasteiger partial charge in [-0.05, 0) is 49.2 Å². The number of anilines is 1. The van der Waals surface area contributed by atoms with Crippen LogP contribution in [-0.4, -0.2) is 42.5 Å². The van der Waals surface area contributed by atoms with Crippen molar-refractivity contribution in [3.8, 4) is 22.6 Å². The molecule has 2 aromatic carbocycles. The topological polar surface area (TPSA) is 117 Å². The van der Waals surface area contributed by atoms with Gasteiger partial charge in [-0.3, -0.25) is 19.6 Å². The molecule has 3 heterocycles. The highest BCUT2D eigenvalue weighted by Crippen LogP contribution is 2.41. The molecule has 2 atom stereocenters. The zero-order valence-electron chi connectivity index (χ0n) is 20.6. The third-order valence-electron chi connectivity index (χ3n) is 6.89. The Bertz CT molecular complexity index is 1790. The summed E-state index contributed by atoms with van der Waals surface area (Å²) in [5, 5.41) is 11.5. The van der Waals surface area contributed by atoms with E-state index in [4.69, 9.17) is 27.9 Å². The van der Waals surface area contributed by atoms with Crippen LogP contribution in [0.15, 0.2) is 72.0 Å². The van der Waals surface area contributed by atoms with Gasteiger partial charge in [0, 0.05) is 46.3 Å². The number of halogens is 2. The first-order chi connectivity index (χ1) is 18.9. The third kappa shape index (κ3) is 4.73. The number of fused-ring (bicyclic) bond motifs is 1. The second kappa shape index (κ2) is 10.1. The van der Waals surface area contributed by atoms with Crippen molar-refractivity contribution in [2.24, 2.45) is 5.92 Å². The average Bonchev–Trinajstić information content (AvgIpc) is 3.34. The number of nitrogens with one attached hydrogen (secondary N) is 1. The van der Waals surface area contributed by atoms with Crippen LogP contribution in [0.3, 0.4) is 0 Å². The van der Waals surface area contributed by atoms with Crippen LogP contribution in [0.1, 0.15) is 18.9 Å². The lowest BCUT2D eigenvalue weighted by atomic mass is 9.78. The van der Waals surface area contributed by atoms with Crippen molar-refractivity contribution in [3.63, 3.8) is 0 Å². The van der Waals surface area contributed by atoms with Crippen LogP contribution in [0.25, 0.3) is 27.8 Å². The van der Waals surface area contributed by atoms with Crippen LogP contribution in [0, 0.1) is 5.92 Å². The Kier molecular flexibility index (Phi) is 6.49. The number of carbonyl (C=O) groups excluding carboxylic acids is 1. The highest BCUT2D eigenvalue weighted by Gasteiger charge is 2.38. The Morgan fingerprint density at radius 3 is 2.54 bits per heavy atom. The molecule has 1 fully saturated rings. The minimum Gasteiger partial charge on any atom is -0.495 e. The van der Waals surface area contributed by atoms with Gasteiger partial charge in [0.1, 0.15) is 5.75 Å². The van der Waals surface area contributed by atoms with Crippen LogP contribution in [0.2, 0.25) is 10.2 Å². The molecule has 1 aliphatic carbocycles. The van der Waals surface area contributed by atoms with Crippen molar-refractivity contribution < 1.29 is 9.53 Å². The van der Waals surface area contributed by atoms with E-state index in [1.165, 1.54) is 17.9 Å². The van der Waals surface area contributed by atoms with Gasteiger partial charge >= 0.3 is 0 Å². The van der Waals surface area contributed by atoms with E-state index >= 15 is 0 Å². The number of methoxy groups -OCH3 is 1. The van der Waals surface area contributed by atoms with Crippen LogP contribution in [0.5, 0.6) is 5.75 Å². The summed E-state index contributed by atoms with van der Waals surface area (Å²) in [7, 11) is 1.53. The predicted molar refractivity (Wildman–Crippen MR) is 148 cm³/mol. The van der Waals surface area contributed by atoms with Crippen LogP contribution in [0.4, 0.5) is 5.69 Å². The van der Waals surface area contributed by atoms with Crippen LogP contribution in [-0.2, 0) is 4.79 Å². The minimum absolute atomic E-state index is 0.162. The van der Waals surface area contributed by atoms with Gasteiger partial charge in [0.05, 0.1) is 42.1 Å². The maximum absolute atomic E-state index is 13.4. The van der Waals surface area contributed by atoms with Gasteiger partial charge in [-0.15, -0.1) is 5.10 Å². The van der Waals surface area contributed by atoms with Crippen molar-refractivity contribution in [2.75, 3.05) is 12.4 Å². The number of nitrogens with zero attached hydrogens (tertiary/aromatic N) is 6. The van der Waals surface area contributed by atoms with Gasteiger partial charge in [0.25, 0.3) is 5.56 Å². The van der Waals surface area contributed by atoms with E-state index in [1.54, 1.807) is 59.7 Å². The highest BCUT2D eigenvalue weighted by atomic mass is 35.5. The molecule has 0 bridgehead atoms. The summed E-state index contributed by atoms with van der Waals surface area (Å²) in [4.78, 5) is 35.1. The Hall–Kier alpha value is -4.28. The number of rotatable bonds is 6. The zero-order valence-corrected chi connectivity index (χ0v) is 22.1. The molecule has 1 N–H and O–H groups in total. The van der Waals surface area contributed by atoms with Gasteiger partial charge in [-0.25, -0.2) is 4.68 Å². The van der Waals surface area contributed by atoms with Gasteiger partial charge in [0.2, 0.25) is 5.91 Å². The maximum atomic E-state index is 13.4. The molecule has 1 saturated carbocycles. The summed E-state index contributed by atoms with van der Waals surface area (Å²) in [6.45, 7) is 0. The molecule has 3 aromatic heterocycles. The molecule has 10 nitrogen and oxygen atoms in total. The van der Waals surface area contributed by atoms with Gasteiger partial charge in [0.15, 0.2) is 5.15 Å². The zero-order chi connectivity index (χ0) is 27.1. The molecule has 1 amide bonds. The fourth-order valence-electron chi connectivity index (χ4n) is 4.84. The molecule has 1 aliphatic rings. The highest BCUT2D eigenvalue weighted by molar-refractivity contribution is 6.31. The fraction of sp³-hybridized carbons (Fsp3) is 0.185. The maximum Gasteiger partial charge on any atom is 0.251 e. The summed E-state index contributed by atoms with van der Waals surface area (Å²) in [6, 6.07) is 11.8. The SMILES string of the molecule is COc1cn(C2CCC2C(=O)Nc2ccc3nccnc3c2)c(=O)cc1-c1cc(Cl)ccc1-n1cc(Cl)nn1. The standard InChI is InChI=1S/C27H21Cl2N7O3/c1-39-24-13-35(22-7-4-17(22)27(38)32-16-3-5-20-21(11-16)31-9-8-30-20)26(37)12-19(24)18-10-15(28)2-6-23(18)36-14-25(29)33-34-36/h2-3,5-6,8-14,17,22H,4,7H2,1H3,(H,32,38). The Morgan fingerprint density at radius 1 is 1.00 bits per heavy atom. The molecule has 0 spiro atoms. The van der Waals surface area contributed by atoms with E-state index in [0.717, 1.165) is 5.52 Å². The molecule has 0 aliphatic heterocycles. The number of amides is 1. The molecular weight excluding hydrogens is 541 g/mol. The number of carbonyl (C=O) groups is 1. The van der Waals surface area contributed by atoms with E-state index in [-0.39, 0.29) is 28.6 Å². The summed E-state index contributed by atoms with van der Waals surface area (Å²) in [5.74, 6) is -0.0945. The molecule has 0 saturated heterocycles. The Labute approximate surface area is 232 Å². The van der Waals surface area contributed by atoms with Crippen molar-refractivity contribution in [1.82, 2.24) is 29.5 Å². The number of pyridine rings is 1. The number of hydrogen-bond acceptors (Lipinski definition) is 7. The summed E-state index contributed by atoms with van der Waals surface area (Å²) in [6.07, 6.45) is 7.77. The molecule has 196 valence electrons. The number of aromatic nitrogens is 6. The van der Waals surface area contributed by atoms with Crippen molar-refractivity contribution in [1.29, 1.82) is 0 Å². The fourth-order valence-corrected chi connectivity index (χ4v) is 5.14. The lowest BCUT2D eigenvalue weighted by Crippen LogP contribution is -2.42. The minimum atomic E-state index is -0.380. The Balaban J connectivity index is 1.31. The molecule has 12 heteroatoms. The molecule has 0 radical (unpaired) electrons. The quantitative estimate of drug-likeness (QED) is 0.312. The molecule has 2 unspecified atom stereocenters. The Morgan fingerprint density at radius 2 is 1.82 bits per heavy atom. The van der Waals surface area contributed by atoms with Crippen LogP contribution < -0.4 is 15.6 Å². The van der Waals surface area contributed by atoms with Crippen molar-refractivity contribution in [2.45, 2.75) is 18.9 Å². The van der Waals surface area contributed by atoms with Gasteiger partial charge < -0.3 is 14.6 Å². The average molecular weight is 562 g/mol. The van der Waals surface area contributed by atoms with Crippen molar-refractivity contribution in [3.05, 3.63) is 87.8 Å². The number of hydrogen-bond donors (Lipinski definition) is 1. The smallest absolute Gasteiger partial charge is 0.251 e. The number of benzene rings is 2. The molecule has 39 heavy (non-hydrogen) atoms. The largest absolute Gasteiger partial charge is 0.495 e. The first-order valence-electron chi connectivity index (χ1n) is 12.1. The third-order valence-corrected chi connectivity index (χ3v) is 7.30. The van der Waals surface area contributed by atoms with E-state index in [9.17, 15) is 9.59 Å². The van der Waals surface area contributed by atoms with E-state index < -0.39 is 0 Å². The summed E-state index contributed by atoms with van der Waals surface area (Å²) < 4.78 is 8.77. The molecular formula is C27H21Cl2N7O3. The second-order valence-electron chi connectivity index (χ2n) is 9.15. The first kappa shape index (κ1) is 25.0. The monoisotopic (exact) mass is 561 g/mol. The molecule has 5 aromatic rings. The predicted octanol–water partition coefficient (Wildman–Crippen LogP) is 4.94. The number of ether oxygens (including phenoxy) is 1. The summed E-state index contributed by atoms with van der Waals surface area (Å²) >= 11 is 12.3. The summed E-state index contributed by atoms with van der Waals surface area (Å²) in [5.41, 5.74) is 3.55.